The number of amides is 2. The Morgan fingerprint density at radius 1 is 0.537 bits per heavy atom. The number of rotatable bonds is 6. The van der Waals surface area contributed by atoms with Crippen LogP contribution in [0.2, 0.25) is 0 Å². The molecule has 5 aromatic heterocycles. The van der Waals surface area contributed by atoms with Gasteiger partial charge in [-0.15, -0.1) is 56.7 Å². The standard InChI is InChI=1S/C28H14N2O6S5/c31-25(23-9-21-17(39-23)1-3-37-21)29-15-7-19-11(5-13(15)27(33)34)12-6-14(28(35)36)16(8-20(12)41-19)30-26(32)24-10-22-18(40-24)2-4-38-22/h1-10H,(H,29,31)(H,30,32)(H,33,34)(H,35,36). The molecule has 7 rings (SSSR count). The molecule has 0 aliphatic carbocycles. The number of anilines is 2. The van der Waals surface area contributed by atoms with E-state index in [4.69, 9.17) is 0 Å². The van der Waals surface area contributed by atoms with Gasteiger partial charge in [0, 0.05) is 39.0 Å². The van der Waals surface area contributed by atoms with Crippen LogP contribution in [0.25, 0.3) is 39.0 Å². The maximum Gasteiger partial charge on any atom is 0.337 e. The summed E-state index contributed by atoms with van der Waals surface area (Å²) in [6.07, 6.45) is 0. The lowest BCUT2D eigenvalue weighted by molar-refractivity contribution is 0.0687. The molecule has 202 valence electrons. The number of carbonyl (C=O) groups is 4. The minimum absolute atomic E-state index is 0.115. The summed E-state index contributed by atoms with van der Waals surface area (Å²) in [6, 6.07) is 13.5. The summed E-state index contributed by atoms with van der Waals surface area (Å²) >= 11 is 7.01. The van der Waals surface area contributed by atoms with Crippen molar-refractivity contribution >= 4 is 131 Å². The van der Waals surface area contributed by atoms with Crippen molar-refractivity contribution in [3.05, 3.63) is 80.2 Å². The van der Waals surface area contributed by atoms with E-state index < -0.39 is 23.8 Å². The van der Waals surface area contributed by atoms with Crippen molar-refractivity contribution in [1.29, 1.82) is 0 Å². The van der Waals surface area contributed by atoms with Crippen LogP contribution >= 0.6 is 56.7 Å². The Morgan fingerprint density at radius 2 is 0.976 bits per heavy atom. The van der Waals surface area contributed by atoms with Gasteiger partial charge < -0.3 is 20.8 Å². The Kier molecular flexibility index (Phi) is 6.14. The number of hydrogen-bond donors (Lipinski definition) is 4. The lowest BCUT2D eigenvalue weighted by atomic mass is 10.0. The molecule has 0 radical (unpaired) electrons. The van der Waals surface area contributed by atoms with Crippen molar-refractivity contribution in [3.8, 4) is 0 Å². The zero-order valence-corrected chi connectivity index (χ0v) is 24.4. The first kappa shape index (κ1) is 25.8. The number of thiophene rings is 5. The van der Waals surface area contributed by atoms with Crippen LogP contribution < -0.4 is 10.6 Å². The smallest absolute Gasteiger partial charge is 0.337 e. The molecule has 0 aliphatic rings. The monoisotopic (exact) mass is 634 g/mol. The van der Waals surface area contributed by atoms with Gasteiger partial charge in [0.1, 0.15) is 0 Å². The second-order valence-electron chi connectivity index (χ2n) is 8.93. The van der Waals surface area contributed by atoms with Gasteiger partial charge in [0.05, 0.1) is 32.3 Å². The van der Waals surface area contributed by atoms with Gasteiger partial charge in [0.25, 0.3) is 11.8 Å². The molecule has 0 fully saturated rings. The lowest BCUT2D eigenvalue weighted by Crippen LogP contribution is -2.13. The summed E-state index contributed by atoms with van der Waals surface area (Å²) in [6.45, 7) is 0. The number of carbonyl (C=O) groups excluding carboxylic acids is 2. The van der Waals surface area contributed by atoms with Gasteiger partial charge in [0.15, 0.2) is 0 Å². The second-order valence-corrected chi connectivity index (χ2v) is 14.1. The maximum absolute atomic E-state index is 13.0. The first-order valence-corrected chi connectivity index (χ1v) is 16.0. The van der Waals surface area contributed by atoms with E-state index in [1.165, 1.54) is 68.8 Å². The minimum atomic E-state index is -1.23. The number of aromatic carboxylic acids is 2. The zero-order chi connectivity index (χ0) is 28.4. The normalized spacial score (nSPS) is 11.5. The number of benzene rings is 2. The molecule has 5 heterocycles. The maximum atomic E-state index is 13.0. The molecule has 0 spiro atoms. The van der Waals surface area contributed by atoms with Crippen molar-refractivity contribution < 1.29 is 29.4 Å². The van der Waals surface area contributed by atoms with Crippen LogP contribution in [0.3, 0.4) is 0 Å². The highest BCUT2D eigenvalue weighted by atomic mass is 32.1. The Bertz CT molecular complexity index is 2020. The van der Waals surface area contributed by atoms with Crippen LogP contribution in [0.15, 0.2) is 59.3 Å². The summed E-state index contributed by atoms with van der Waals surface area (Å²) in [7, 11) is 0. The van der Waals surface area contributed by atoms with Crippen molar-refractivity contribution in [2.75, 3.05) is 10.6 Å². The first-order chi connectivity index (χ1) is 19.7. The van der Waals surface area contributed by atoms with Crippen LogP contribution in [0.5, 0.6) is 0 Å². The molecule has 8 nitrogen and oxygen atoms in total. The highest BCUT2D eigenvalue weighted by molar-refractivity contribution is 7.28. The Balaban J connectivity index is 1.28. The van der Waals surface area contributed by atoms with E-state index in [2.05, 4.69) is 10.6 Å². The average molecular weight is 635 g/mol. The van der Waals surface area contributed by atoms with Gasteiger partial charge in [-0.3, -0.25) is 9.59 Å². The SMILES string of the molecule is O=C(Nc1cc2sc3cc(NC(=O)c4cc5sccc5s4)c(C(=O)O)cc3c2cc1C(=O)O)c1cc2sccc2s1. The van der Waals surface area contributed by atoms with Gasteiger partial charge in [-0.2, -0.15) is 0 Å². The summed E-state index contributed by atoms with van der Waals surface area (Å²) in [5.74, 6) is -3.28. The summed E-state index contributed by atoms with van der Waals surface area (Å²) < 4.78 is 5.24. The number of carboxylic acid groups (broad SMARTS) is 2. The van der Waals surface area contributed by atoms with Gasteiger partial charge in [-0.05, 0) is 59.3 Å². The summed E-state index contributed by atoms with van der Waals surface area (Å²) in [5.41, 5.74) is 0.0533. The lowest BCUT2D eigenvalue weighted by Gasteiger charge is -2.09. The van der Waals surface area contributed by atoms with Crippen LogP contribution in [0.1, 0.15) is 40.1 Å². The third kappa shape index (κ3) is 4.47. The molecule has 4 N–H and O–H groups in total. The summed E-state index contributed by atoms with van der Waals surface area (Å²) in [5, 5.41) is 30.3. The fourth-order valence-electron chi connectivity index (χ4n) is 4.55. The first-order valence-electron chi connectivity index (χ1n) is 11.8. The molecule has 0 unspecified atom stereocenters. The van der Waals surface area contributed by atoms with E-state index in [1.54, 1.807) is 24.3 Å². The quantitative estimate of drug-likeness (QED) is 0.145. The second kappa shape index (κ2) is 9.75. The molecule has 7 aromatic rings. The highest BCUT2D eigenvalue weighted by Gasteiger charge is 2.22. The Morgan fingerprint density at radius 3 is 1.37 bits per heavy atom. The van der Waals surface area contributed by atoms with Crippen LogP contribution in [0.4, 0.5) is 11.4 Å². The third-order valence-corrected chi connectivity index (χ3v) is 11.7. The molecule has 41 heavy (non-hydrogen) atoms. The van der Waals surface area contributed by atoms with Crippen LogP contribution in [0, 0.1) is 0 Å². The van der Waals surface area contributed by atoms with Crippen molar-refractivity contribution in [3.63, 3.8) is 0 Å². The molecular formula is C28H14N2O6S5. The number of carboxylic acids is 2. The largest absolute Gasteiger partial charge is 0.478 e. The van der Waals surface area contributed by atoms with Crippen LogP contribution in [-0.4, -0.2) is 34.0 Å². The molecule has 0 saturated heterocycles. The Labute approximate surface area is 249 Å². The van der Waals surface area contributed by atoms with Gasteiger partial charge in [-0.25, -0.2) is 9.59 Å². The van der Waals surface area contributed by atoms with E-state index in [0.29, 0.717) is 29.9 Å². The predicted molar refractivity (Wildman–Crippen MR) is 169 cm³/mol. The fourth-order valence-corrected chi connectivity index (χ4v) is 9.71. The van der Waals surface area contributed by atoms with Gasteiger partial charge in [0.2, 0.25) is 0 Å². The average Bonchev–Trinajstić information content (AvgIpc) is 3.72. The minimum Gasteiger partial charge on any atom is -0.478 e. The number of fused-ring (bicyclic) bond motifs is 5. The van der Waals surface area contributed by atoms with E-state index in [1.807, 2.05) is 22.9 Å². The van der Waals surface area contributed by atoms with Gasteiger partial charge >= 0.3 is 11.9 Å². The third-order valence-electron chi connectivity index (χ3n) is 6.43. The van der Waals surface area contributed by atoms with Crippen LogP contribution in [-0.2, 0) is 0 Å². The number of hydrogen-bond acceptors (Lipinski definition) is 9. The van der Waals surface area contributed by atoms with Gasteiger partial charge in [-0.1, -0.05) is 0 Å². The number of nitrogens with one attached hydrogen (secondary N) is 2. The zero-order valence-electron chi connectivity index (χ0n) is 20.3. The summed E-state index contributed by atoms with van der Waals surface area (Å²) in [4.78, 5) is 51.3. The van der Waals surface area contributed by atoms with Crippen molar-refractivity contribution in [1.82, 2.24) is 0 Å². The molecular weight excluding hydrogens is 621 g/mol. The van der Waals surface area contributed by atoms with E-state index in [-0.39, 0.29) is 22.5 Å². The molecule has 0 bridgehead atoms. The van der Waals surface area contributed by atoms with Crippen molar-refractivity contribution in [2.45, 2.75) is 0 Å². The fraction of sp³-hybridized carbons (Fsp3) is 0. The highest BCUT2D eigenvalue weighted by Crippen LogP contribution is 2.40. The molecule has 0 atom stereocenters. The molecule has 2 amide bonds. The van der Waals surface area contributed by atoms with E-state index in [0.717, 1.165) is 18.8 Å². The molecule has 0 saturated carbocycles. The molecule has 0 aliphatic heterocycles. The van der Waals surface area contributed by atoms with E-state index >= 15 is 0 Å². The molecule has 2 aromatic carbocycles. The topological polar surface area (TPSA) is 133 Å². The molecule has 13 heteroatoms. The van der Waals surface area contributed by atoms with Crippen molar-refractivity contribution in [2.24, 2.45) is 0 Å². The Hall–Kier alpha value is -4.14. The van der Waals surface area contributed by atoms with E-state index in [9.17, 15) is 29.4 Å². The predicted octanol–water partition coefficient (Wildman–Crippen LogP) is 8.51.